The van der Waals surface area contributed by atoms with E-state index in [-0.39, 0.29) is 12.5 Å². The van der Waals surface area contributed by atoms with Gasteiger partial charge in [0.15, 0.2) is 0 Å². The summed E-state index contributed by atoms with van der Waals surface area (Å²) in [5.74, 6) is 1.45. The van der Waals surface area contributed by atoms with Gasteiger partial charge in [-0.3, -0.25) is 4.79 Å². The highest BCUT2D eigenvalue weighted by Crippen LogP contribution is 2.30. The first-order valence-electron chi connectivity index (χ1n) is 11.3. The van der Waals surface area contributed by atoms with Crippen LogP contribution in [0.5, 0.6) is 0 Å². The fourth-order valence-electron chi connectivity index (χ4n) is 3.21. The van der Waals surface area contributed by atoms with E-state index in [4.69, 9.17) is 32.9 Å². The van der Waals surface area contributed by atoms with Crippen LogP contribution in [0.1, 0.15) is 32.0 Å². The van der Waals surface area contributed by atoms with E-state index in [2.05, 4.69) is 17.1 Å². The van der Waals surface area contributed by atoms with E-state index < -0.39 is 0 Å². The van der Waals surface area contributed by atoms with Gasteiger partial charge in [-0.15, -0.1) is 0 Å². The number of halogens is 2. The number of rotatable bonds is 13. The molecule has 0 atom stereocenters. The summed E-state index contributed by atoms with van der Waals surface area (Å²) >= 11 is 12.4. The van der Waals surface area contributed by atoms with E-state index in [1.54, 1.807) is 19.2 Å². The maximum atomic E-state index is 12.5. The topological polar surface area (TPSA) is 59.4 Å². The number of aromatic nitrogens is 2. The van der Waals surface area contributed by atoms with Crippen molar-refractivity contribution in [3.05, 3.63) is 70.3 Å². The van der Waals surface area contributed by atoms with Crippen LogP contribution >= 0.6 is 23.2 Å². The Labute approximate surface area is 212 Å². The smallest absolute Gasteiger partial charge is 0.239 e. The molecule has 0 saturated heterocycles. The molecule has 34 heavy (non-hydrogen) atoms. The van der Waals surface area contributed by atoms with Crippen molar-refractivity contribution < 1.29 is 9.53 Å². The molecule has 2 rings (SSSR count). The molecular weight excluding hydrogens is 471 g/mol. The van der Waals surface area contributed by atoms with Crippen LogP contribution in [-0.2, 0) is 16.1 Å². The second-order valence-corrected chi connectivity index (χ2v) is 8.85. The maximum absolute atomic E-state index is 12.5. The number of ether oxygens (including phenoxy) is 1. The summed E-state index contributed by atoms with van der Waals surface area (Å²) in [4.78, 5) is 19.4. The minimum atomic E-state index is -0.0612. The number of benzene rings is 1. The lowest BCUT2D eigenvalue weighted by Crippen LogP contribution is -2.30. The number of allylic oxidation sites excluding steroid dienone is 4. The van der Waals surface area contributed by atoms with Gasteiger partial charge in [0.25, 0.3) is 0 Å². The molecular formula is C26H34Cl2N4O2. The number of nitrogens with zero attached hydrogens (tertiary/aromatic N) is 3. The Morgan fingerprint density at radius 2 is 2.06 bits per heavy atom. The summed E-state index contributed by atoms with van der Waals surface area (Å²) < 4.78 is 7.14. The lowest BCUT2D eigenvalue weighted by atomic mass is 10.2. The molecule has 0 radical (unpaired) electrons. The van der Waals surface area contributed by atoms with Crippen LogP contribution in [0, 0.1) is 0 Å². The number of hydrogen-bond acceptors (Lipinski definition) is 4. The van der Waals surface area contributed by atoms with Crippen molar-refractivity contribution >= 4 is 35.2 Å². The van der Waals surface area contributed by atoms with E-state index in [1.807, 2.05) is 61.3 Å². The molecule has 0 bridgehead atoms. The zero-order valence-electron chi connectivity index (χ0n) is 20.4. The van der Waals surface area contributed by atoms with Gasteiger partial charge in [-0.2, -0.15) is 0 Å². The molecule has 1 amide bonds. The standard InChI is InChI=1S/C26H34Cl2N4O2/c1-5-10-21(34-4)11-7-6-8-12-25-30-24(22-14-13-20(27)17-23(22)28)18-32(25)19-26(33)29-15-9-16-31(2)3/h7-8,10-14,17-18H,5-6,9,15-16,19H2,1-4H3,(H,29,33)/b11-7-,12-8+,21-10+. The molecule has 0 aliphatic carbocycles. The number of amides is 1. The molecule has 1 aromatic carbocycles. The number of hydrogen-bond donors (Lipinski definition) is 1. The third-order valence-electron chi connectivity index (χ3n) is 4.89. The zero-order chi connectivity index (χ0) is 24.9. The molecule has 0 spiro atoms. The lowest BCUT2D eigenvalue weighted by molar-refractivity contribution is -0.121. The number of nitrogens with one attached hydrogen (secondary N) is 1. The molecule has 6 nitrogen and oxygen atoms in total. The molecule has 1 heterocycles. The van der Waals surface area contributed by atoms with Crippen LogP contribution in [0.4, 0.5) is 0 Å². The summed E-state index contributed by atoms with van der Waals surface area (Å²) in [6, 6.07) is 5.30. The minimum Gasteiger partial charge on any atom is -0.497 e. The van der Waals surface area contributed by atoms with Crippen molar-refractivity contribution in [1.82, 2.24) is 19.8 Å². The van der Waals surface area contributed by atoms with Crippen LogP contribution in [0.25, 0.3) is 17.3 Å². The summed E-state index contributed by atoms with van der Waals surface area (Å²) in [6.45, 7) is 3.78. The SMILES string of the molecule is CC/C=C(\C=C/C/C=C/c1nc(-c2ccc(Cl)cc2Cl)cn1CC(=O)NCCCN(C)C)OC. The predicted octanol–water partition coefficient (Wildman–Crippen LogP) is 5.82. The van der Waals surface area contributed by atoms with Crippen LogP contribution in [-0.4, -0.2) is 54.7 Å². The third kappa shape index (κ3) is 9.37. The molecule has 0 fully saturated rings. The van der Waals surface area contributed by atoms with Crippen LogP contribution < -0.4 is 5.32 Å². The summed E-state index contributed by atoms with van der Waals surface area (Å²) in [7, 11) is 5.69. The second kappa shape index (κ2) is 14.7. The zero-order valence-corrected chi connectivity index (χ0v) is 21.9. The molecule has 2 aromatic rings. The summed E-state index contributed by atoms with van der Waals surface area (Å²) in [6.07, 6.45) is 14.2. The van der Waals surface area contributed by atoms with Gasteiger partial charge in [0.2, 0.25) is 5.91 Å². The third-order valence-corrected chi connectivity index (χ3v) is 5.44. The van der Waals surface area contributed by atoms with Gasteiger partial charge < -0.3 is 19.5 Å². The van der Waals surface area contributed by atoms with Crippen molar-refractivity contribution in [2.75, 3.05) is 34.3 Å². The lowest BCUT2D eigenvalue weighted by Gasteiger charge is -2.10. The van der Waals surface area contributed by atoms with Gasteiger partial charge in [-0.05, 0) is 76.3 Å². The highest BCUT2D eigenvalue weighted by molar-refractivity contribution is 6.36. The van der Waals surface area contributed by atoms with E-state index in [9.17, 15) is 4.79 Å². The van der Waals surface area contributed by atoms with Crippen molar-refractivity contribution in [3.8, 4) is 11.3 Å². The van der Waals surface area contributed by atoms with E-state index in [0.717, 1.165) is 30.7 Å². The number of carbonyl (C=O) groups is 1. The quantitative estimate of drug-likeness (QED) is 0.212. The van der Waals surface area contributed by atoms with Gasteiger partial charge in [-0.1, -0.05) is 42.3 Å². The van der Waals surface area contributed by atoms with Crippen molar-refractivity contribution in [2.45, 2.75) is 32.7 Å². The largest absolute Gasteiger partial charge is 0.497 e. The number of imidazole rings is 1. The Morgan fingerprint density at radius 3 is 2.74 bits per heavy atom. The fourth-order valence-corrected chi connectivity index (χ4v) is 3.71. The van der Waals surface area contributed by atoms with Crippen molar-refractivity contribution in [2.24, 2.45) is 0 Å². The Morgan fingerprint density at radius 1 is 1.26 bits per heavy atom. The number of methoxy groups -OCH3 is 1. The van der Waals surface area contributed by atoms with E-state index in [0.29, 0.717) is 34.5 Å². The average Bonchev–Trinajstić information content (AvgIpc) is 3.17. The molecule has 0 aliphatic rings. The maximum Gasteiger partial charge on any atom is 0.239 e. The van der Waals surface area contributed by atoms with Gasteiger partial charge in [0.1, 0.15) is 18.1 Å². The first-order valence-corrected chi connectivity index (χ1v) is 12.1. The molecule has 0 aliphatic heterocycles. The van der Waals surface area contributed by atoms with E-state index in [1.165, 1.54) is 0 Å². The first kappa shape index (κ1) is 27.7. The van der Waals surface area contributed by atoms with Crippen LogP contribution in [0.3, 0.4) is 0 Å². The van der Waals surface area contributed by atoms with Crippen molar-refractivity contribution in [3.63, 3.8) is 0 Å². The van der Waals surface area contributed by atoms with Gasteiger partial charge >= 0.3 is 0 Å². The first-order chi connectivity index (χ1) is 16.3. The Kier molecular flexibility index (Phi) is 11.9. The van der Waals surface area contributed by atoms with Gasteiger partial charge in [0, 0.05) is 23.3 Å². The fraction of sp³-hybridized carbons (Fsp3) is 0.385. The minimum absolute atomic E-state index is 0.0612. The molecule has 0 saturated carbocycles. The second-order valence-electron chi connectivity index (χ2n) is 8.00. The molecule has 1 N–H and O–H groups in total. The Hall–Kier alpha value is -2.54. The van der Waals surface area contributed by atoms with Crippen LogP contribution in [0.15, 0.2) is 54.5 Å². The average molecular weight is 505 g/mol. The Balaban J connectivity index is 2.17. The summed E-state index contributed by atoms with van der Waals surface area (Å²) in [5, 5.41) is 4.05. The summed E-state index contributed by atoms with van der Waals surface area (Å²) in [5.41, 5.74) is 1.45. The molecule has 8 heteroatoms. The number of carbonyl (C=O) groups excluding carboxylic acids is 1. The highest BCUT2D eigenvalue weighted by Gasteiger charge is 2.13. The molecule has 0 unspecified atom stereocenters. The Bertz CT molecular complexity index is 1030. The van der Waals surface area contributed by atoms with E-state index >= 15 is 0 Å². The predicted molar refractivity (Wildman–Crippen MR) is 142 cm³/mol. The monoisotopic (exact) mass is 504 g/mol. The van der Waals surface area contributed by atoms with Gasteiger partial charge in [0.05, 0.1) is 17.8 Å². The van der Waals surface area contributed by atoms with Crippen LogP contribution in [0.2, 0.25) is 10.0 Å². The highest BCUT2D eigenvalue weighted by atomic mass is 35.5. The molecule has 184 valence electrons. The van der Waals surface area contributed by atoms with Gasteiger partial charge in [-0.25, -0.2) is 4.98 Å². The normalized spacial score (nSPS) is 12.3. The molecule has 1 aromatic heterocycles. The van der Waals surface area contributed by atoms with Crippen molar-refractivity contribution in [1.29, 1.82) is 0 Å².